The number of amides is 1. The van der Waals surface area contributed by atoms with Crippen LogP contribution < -0.4 is 14.4 Å². The van der Waals surface area contributed by atoms with Crippen LogP contribution in [-0.4, -0.2) is 33.7 Å². The third kappa shape index (κ3) is 4.10. The number of hydrogen-bond donors (Lipinski definition) is 1. The molecule has 1 fully saturated rings. The van der Waals surface area contributed by atoms with Gasteiger partial charge in [0.05, 0.1) is 24.2 Å². The van der Waals surface area contributed by atoms with Crippen molar-refractivity contribution in [3.05, 3.63) is 52.0 Å². The van der Waals surface area contributed by atoms with Crippen molar-refractivity contribution in [2.24, 2.45) is 0 Å². The molecule has 1 aliphatic rings. The first-order valence-corrected chi connectivity index (χ1v) is 11.0. The molecule has 0 aromatic heterocycles. The van der Waals surface area contributed by atoms with E-state index in [2.05, 4.69) is 5.32 Å². The van der Waals surface area contributed by atoms with Gasteiger partial charge in [-0.05, 0) is 62.1 Å². The van der Waals surface area contributed by atoms with Gasteiger partial charge in [0.1, 0.15) is 5.75 Å². The second-order valence-electron chi connectivity index (χ2n) is 6.85. The highest BCUT2D eigenvalue weighted by molar-refractivity contribution is 7.92. The normalized spacial score (nSPS) is 15.9. The molecule has 1 aliphatic heterocycles. The van der Waals surface area contributed by atoms with Crippen LogP contribution in [0.3, 0.4) is 0 Å². The number of anilines is 2. The van der Waals surface area contributed by atoms with Crippen molar-refractivity contribution in [2.75, 3.05) is 29.0 Å². The molecule has 1 saturated heterocycles. The van der Waals surface area contributed by atoms with Crippen molar-refractivity contribution in [1.29, 1.82) is 0 Å². The number of benzene rings is 2. The summed E-state index contributed by atoms with van der Waals surface area (Å²) >= 11 is 6.11. The fraction of sp³-hybridized carbons (Fsp3) is 0.350. The van der Waals surface area contributed by atoms with Gasteiger partial charge in [-0.3, -0.25) is 9.10 Å². The van der Waals surface area contributed by atoms with Gasteiger partial charge in [0.2, 0.25) is 10.0 Å². The van der Waals surface area contributed by atoms with E-state index in [0.29, 0.717) is 40.7 Å². The Kier molecular flexibility index (Phi) is 5.86. The lowest BCUT2D eigenvalue weighted by molar-refractivity contribution is 0.102. The van der Waals surface area contributed by atoms with Crippen molar-refractivity contribution < 1.29 is 17.9 Å². The summed E-state index contributed by atoms with van der Waals surface area (Å²) in [6.45, 7) is 4.12. The van der Waals surface area contributed by atoms with E-state index in [9.17, 15) is 13.2 Å². The molecule has 28 heavy (non-hydrogen) atoms. The van der Waals surface area contributed by atoms with Gasteiger partial charge >= 0.3 is 0 Å². The Balaban J connectivity index is 1.86. The lowest BCUT2D eigenvalue weighted by Gasteiger charge is -2.29. The summed E-state index contributed by atoms with van der Waals surface area (Å²) in [5, 5.41) is 3.39. The van der Waals surface area contributed by atoms with Crippen LogP contribution in [0.4, 0.5) is 11.4 Å². The van der Waals surface area contributed by atoms with Crippen LogP contribution in [0.5, 0.6) is 5.75 Å². The Bertz CT molecular complexity index is 1020. The zero-order chi connectivity index (χ0) is 20.5. The number of aryl methyl sites for hydroxylation is 2. The highest BCUT2D eigenvalue weighted by Crippen LogP contribution is 2.32. The molecule has 1 heterocycles. The molecule has 1 amide bonds. The van der Waals surface area contributed by atoms with E-state index in [4.69, 9.17) is 16.3 Å². The van der Waals surface area contributed by atoms with Gasteiger partial charge < -0.3 is 10.1 Å². The Morgan fingerprint density at radius 2 is 1.89 bits per heavy atom. The van der Waals surface area contributed by atoms with Gasteiger partial charge in [-0.25, -0.2) is 8.42 Å². The van der Waals surface area contributed by atoms with Gasteiger partial charge in [-0.15, -0.1) is 0 Å². The van der Waals surface area contributed by atoms with E-state index in [0.717, 1.165) is 17.5 Å². The Morgan fingerprint density at radius 1 is 1.14 bits per heavy atom. The second-order valence-corrected chi connectivity index (χ2v) is 9.27. The molecule has 2 aromatic carbocycles. The molecule has 0 unspecified atom stereocenters. The van der Waals surface area contributed by atoms with Crippen molar-refractivity contribution in [3.8, 4) is 5.75 Å². The van der Waals surface area contributed by atoms with Crippen LogP contribution in [0.25, 0.3) is 0 Å². The minimum absolute atomic E-state index is 0.157. The predicted octanol–water partition coefficient (Wildman–Crippen LogP) is 4.15. The van der Waals surface area contributed by atoms with E-state index in [-0.39, 0.29) is 11.7 Å². The van der Waals surface area contributed by atoms with Crippen LogP contribution in [-0.2, 0) is 10.0 Å². The van der Waals surface area contributed by atoms with Crippen molar-refractivity contribution in [1.82, 2.24) is 0 Å². The maximum atomic E-state index is 12.7. The number of ether oxygens (including phenoxy) is 1. The van der Waals surface area contributed by atoms with Crippen LogP contribution in [0.15, 0.2) is 30.3 Å². The number of rotatable bonds is 4. The Morgan fingerprint density at radius 3 is 2.54 bits per heavy atom. The van der Waals surface area contributed by atoms with E-state index < -0.39 is 10.0 Å². The summed E-state index contributed by atoms with van der Waals surface area (Å²) in [5.74, 6) is 0.317. The van der Waals surface area contributed by atoms with Gasteiger partial charge in [0.25, 0.3) is 5.91 Å². The number of methoxy groups -OCH3 is 1. The summed E-state index contributed by atoms with van der Waals surface area (Å²) in [6, 6.07) is 8.43. The molecule has 3 rings (SSSR count). The molecule has 0 spiro atoms. The largest absolute Gasteiger partial charge is 0.495 e. The first-order chi connectivity index (χ1) is 13.2. The van der Waals surface area contributed by atoms with Crippen LogP contribution in [0.2, 0.25) is 5.02 Å². The number of halogens is 1. The molecule has 2 aromatic rings. The van der Waals surface area contributed by atoms with E-state index in [1.807, 2.05) is 13.8 Å². The fourth-order valence-corrected chi connectivity index (χ4v) is 5.12. The standard InChI is InChI=1S/C20H23ClN2O4S/c1-13-11-17(19(27-3)12-16(13)21)22-20(24)15-6-7-18(14(2)10-15)23-8-4-5-9-28(23,25)26/h6-7,10-12H,4-5,8-9H2,1-3H3,(H,22,24). The first kappa shape index (κ1) is 20.5. The average Bonchev–Trinajstić information content (AvgIpc) is 2.64. The summed E-state index contributed by atoms with van der Waals surface area (Å²) in [6.07, 6.45) is 1.51. The third-order valence-electron chi connectivity index (χ3n) is 4.81. The molecular formula is C20H23ClN2O4S. The SMILES string of the molecule is COc1cc(Cl)c(C)cc1NC(=O)c1ccc(N2CCCCS2(=O)=O)c(C)c1. The van der Waals surface area contributed by atoms with Gasteiger partial charge in [-0.1, -0.05) is 11.6 Å². The number of sulfonamides is 1. The zero-order valence-electron chi connectivity index (χ0n) is 16.1. The molecule has 1 N–H and O–H groups in total. The highest BCUT2D eigenvalue weighted by Gasteiger charge is 2.27. The molecule has 0 saturated carbocycles. The quantitative estimate of drug-likeness (QED) is 0.803. The molecule has 8 heteroatoms. The number of carbonyl (C=O) groups is 1. The fourth-order valence-electron chi connectivity index (χ4n) is 3.26. The zero-order valence-corrected chi connectivity index (χ0v) is 17.7. The number of nitrogens with one attached hydrogen (secondary N) is 1. The van der Waals surface area contributed by atoms with Crippen LogP contribution in [0, 0.1) is 13.8 Å². The van der Waals surface area contributed by atoms with E-state index in [1.165, 1.54) is 11.4 Å². The lowest BCUT2D eigenvalue weighted by Crippen LogP contribution is -2.38. The summed E-state index contributed by atoms with van der Waals surface area (Å²) in [4.78, 5) is 12.7. The molecular weight excluding hydrogens is 400 g/mol. The topological polar surface area (TPSA) is 75.7 Å². The second kappa shape index (κ2) is 8.01. The first-order valence-electron chi connectivity index (χ1n) is 8.99. The van der Waals surface area contributed by atoms with Crippen LogP contribution >= 0.6 is 11.6 Å². The van der Waals surface area contributed by atoms with Crippen LogP contribution in [0.1, 0.15) is 34.3 Å². The smallest absolute Gasteiger partial charge is 0.255 e. The average molecular weight is 423 g/mol. The lowest BCUT2D eigenvalue weighted by atomic mass is 10.1. The Hall–Kier alpha value is -2.25. The Labute approximate surface area is 170 Å². The molecule has 0 bridgehead atoms. The minimum Gasteiger partial charge on any atom is -0.495 e. The van der Waals surface area contributed by atoms with Crippen molar-refractivity contribution in [2.45, 2.75) is 26.7 Å². The van der Waals surface area contributed by atoms with Crippen molar-refractivity contribution >= 4 is 38.9 Å². The number of carbonyl (C=O) groups excluding carboxylic acids is 1. The van der Waals surface area contributed by atoms with Crippen molar-refractivity contribution in [3.63, 3.8) is 0 Å². The summed E-state index contributed by atoms with van der Waals surface area (Å²) in [7, 11) is -1.79. The molecule has 0 aliphatic carbocycles. The number of hydrogen-bond acceptors (Lipinski definition) is 4. The number of nitrogens with zero attached hydrogens (tertiary/aromatic N) is 1. The predicted molar refractivity (Wildman–Crippen MR) is 112 cm³/mol. The molecule has 0 radical (unpaired) electrons. The van der Waals surface area contributed by atoms with Gasteiger partial charge in [-0.2, -0.15) is 0 Å². The summed E-state index contributed by atoms with van der Waals surface area (Å²) < 4.78 is 31.4. The van der Waals surface area contributed by atoms with Gasteiger partial charge in [0.15, 0.2) is 0 Å². The maximum absolute atomic E-state index is 12.7. The van der Waals surface area contributed by atoms with E-state index >= 15 is 0 Å². The van der Waals surface area contributed by atoms with E-state index in [1.54, 1.807) is 30.3 Å². The van der Waals surface area contributed by atoms with Gasteiger partial charge in [0, 0.05) is 23.2 Å². The maximum Gasteiger partial charge on any atom is 0.255 e. The monoisotopic (exact) mass is 422 g/mol. The third-order valence-corrected chi connectivity index (χ3v) is 7.07. The minimum atomic E-state index is -3.29. The molecule has 0 atom stereocenters. The highest BCUT2D eigenvalue weighted by atomic mass is 35.5. The summed E-state index contributed by atoms with van der Waals surface area (Å²) in [5.41, 5.74) is 3.13. The molecule has 150 valence electrons. The molecule has 6 nitrogen and oxygen atoms in total.